The molecule has 1 saturated heterocycles. The van der Waals surface area contributed by atoms with E-state index >= 15 is 0 Å². The van der Waals surface area contributed by atoms with Gasteiger partial charge in [-0.3, -0.25) is 4.90 Å². The summed E-state index contributed by atoms with van der Waals surface area (Å²) in [5.74, 6) is 0.677. The number of nitrogens with zero attached hydrogens (tertiary/aromatic N) is 3. The van der Waals surface area contributed by atoms with Crippen molar-refractivity contribution in [2.75, 3.05) is 19.6 Å². The Morgan fingerprint density at radius 2 is 2.21 bits per heavy atom. The standard InChI is InChI=1S/C17H20ClN3O3/c1-11-10-20(17(22)23)6-7-21(11)12(2)15-9-16(24-19-15)13-4-3-5-14(18)8-13/h3-5,8-9,11-12H,6-7,10H2,1-2H3,(H,22,23)/t11-,12?/m0/s1. The first kappa shape index (κ1) is 16.8. The van der Waals surface area contributed by atoms with Gasteiger partial charge in [-0.1, -0.05) is 28.9 Å². The molecule has 3 rings (SSSR count). The van der Waals surface area contributed by atoms with Crippen molar-refractivity contribution in [3.63, 3.8) is 0 Å². The van der Waals surface area contributed by atoms with Gasteiger partial charge in [-0.15, -0.1) is 0 Å². The molecule has 1 unspecified atom stereocenters. The average Bonchev–Trinajstić information content (AvgIpc) is 3.04. The van der Waals surface area contributed by atoms with E-state index in [0.717, 1.165) is 11.3 Å². The lowest BCUT2D eigenvalue weighted by molar-refractivity contribution is 0.0511. The summed E-state index contributed by atoms with van der Waals surface area (Å²) in [7, 11) is 0. The first-order valence-electron chi connectivity index (χ1n) is 7.92. The minimum atomic E-state index is -0.862. The fourth-order valence-corrected chi connectivity index (χ4v) is 3.34. The van der Waals surface area contributed by atoms with E-state index in [1.807, 2.05) is 37.3 Å². The molecule has 7 heteroatoms. The lowest BCUT2D eigenvalue weighted by atomic mass is 10.1. The van der Waals surface area contributed by atoms with Crippen molar-refractivity contribution in [2.45, 2.75) is 25.9 Å². The minimum Gasteiger partial charge on any atom is -0.465 e. The molecule has 128 valence electrons. The maximum absolute atomic E-state index is 11.1. The molecule has 0 spiro atoms. The van der Waals surface area contributed by atoms with Gasteiger partial charge in [0.15, 0.2) is 5.76 Å². The highest BCUT2D eigenvalue weighted by atomic mass is 35.5. The van der Waals surface area contributed by atoms with E-state index in [9.17, 15) is 4.79 Å². The number of amides is 1. The molecule has 1 aromatic carbocycles. The summed E-state index contributed by atoms with van der Waals surface area (Å²) in [6, 6.07) is 9.54. The van der Waals surface area contributed by atoms with Gasteiger partial charge in [-0.2, -0.15) is 0 Å². The van der Waals surface area contributed by atoms with E-state index in [0.29, 0.717) is 30.4 Å². The van der Waals surface area contributed by atoms with Gasteiger partial charge in [0.2, 0.25) is 0 Å². The van der Waals surface area contributed by atoms with E-state index < -0.39 is 6.09 Å². The van der Waals surface area contributed by atoms with Gasteiger partial charge in [0.1, 0.15) is 5.69 Å². The summed E-state index contributed by atoms with van der Waals surface area (Å²) >= 11 is 6.02. The molecule has 1 amide bonds. The second kappa shape index (κ2) is 6.83. The summed E-state index contributed by atoms with van der Waals surface area (Å²) in [5, 5.41) is 14.0. The van der Waals surface area contributed by atoms with Crippen LogP contribution in [-0.2, 0) is 0 Å². The summed E-state index contributed by atoms with van der Waals surface area (Å²) in [5.41, 5.74) is 1.72. The highest BCUT2D eigenvalue weighted by molar-refractivity contribution is 6.30. The van der Waals surface area contributed by atoms with Crippen molar-refractivity contribution >= 4 is 17.7 Å². The van der Waals surface area contributed by atoms with Crippen LogP contribution >= 0.6 is 11.6 Å². The number of carboxylic acid groups (broad SMARTS) is 1. The number of piperazine rings is 1. The zero-order valence-electron chi connectivity index (χ0n) is 13.6. The van der Waals surface area contributed by atoms with Crippen LogP contribution in [0, 0.1) is 0 Å². The first-order valence-corrected chi connectivity index (χ1v) is 8.29. The second-order valence-electron chi connectivity index (χ2n) is 6.12. The molecule has 2 aromatic rings. The molecule has 0 radical (unpaired) electrons. The highest BCUT2D eigenvalue weighted by Crippen LogP contribution is 2.29. The summed E-state index contributed by atoms with van der Waals surface area (Å²) in [6.07, 6.45) is -0.862. The Morgan fingerprint density at radius 1 is 1.42 bits per heavy atom. The Bertz CT molecular complexity index is 733. The minimum absolute atomic E-state index is 0.0487. The van der Waals surface area contributed by atoms with Crippen molar-refractivity contribution in [1.82, 2.24) is 15.0 Å². The number of aromatic nitrogens is 1. The normalized spacial score (nSPS) is 20.1. The molecule has 1 N–H and O–H groups in total. The number of benzene rings is 1. The van der Waals surface area contributed by atoms with Gasteiger partial charge >= 0.3 is 6.09 Å². The molecule has 1 aliphatic rings. The number of hydrogen-bond acceptors (Lipinski definition) is 4. The number of rotatable bonds is 3. The quantitative estimate of drug-likeness (QED) is 0.914. The van der Waals surface area contributed by atoms with Crippen LogP contribution in [-0.4, -0.2) is 51.8 Å². The largest absolute Gasteiger partial charge is 0.465 e. The fourth-order valence-electron chi connectivity index (χ4n) is 3.15. The number of hydrogen-bond donors (Lipinski definition) is 1. The third kappa shape index (κ3) is 3.39. The van der Waals surface area contributed by atoms with Crippen LogP contribution in [0.2, 0.25) is 5.02 Å². The molecule has 0 bridgehead atoms. The fraction of sp³-hybridized carbons (Fsp3) is 0.412. The third-order valence-electron chi connectivity index (χ3n) is 4.51. The average molecular weight is 350 g/mol. The lowest BCUT2D eigenvalue weighted by Crippen LogP contribution is -2.53. The van der Waals surface area contributed by atoms with Crippen LogP contribution in [0.25, 0.3) is 11.3 Å². The van der Waals surface area contributed by atoms with Crippen LogP contribution in [0.15, 0.2) is 34.9 Å². The maximum atomic E-state index is 11.1. The second-order valence-corrected chi connectivity index (χ2v) is 6.55. The Kier molecular flexibility index (Phi) is 4.78. The monoisotopic (exact) mass is 349 g/mol. The number of halogens is 1. The van der Waals surface area contributed by atoms with Crippen LogP contribution < -0.4 is 0 Å². The lowest BCUT2D eigenvalue weighted by Gasteiger charge is -2.41. The molecular formula is C17H20ClN3O3. The van der Waals surface area contributed by atoms with Crippen molar-refractivity contribution in [3.05, 3.63) is 41.0 Å². The van der Waals surface area contributed by atoms with Crippen LogP contribution in [0.5, 0.6) is 0 Å². The highest BCUT2D eigenvalue weighted by Gasteiger charge is 2.31. The van der Waals surface area contributed by atoms with Crippen LogP contribution in [0.4, 0.5) is 4.79 Å². The van der Waals surface area contributed by atoms with E-state index in [1.54, 1.807) is 0 Å². The van der Waals surface area contributed by atoms with Gasteiger partial charge in [0.25, 0.3) is 0 Å². The van der Waals surface area contributed by atoms with Crippen molar-refractivity contribution in [3.8, 4) is 11.3 Å². The van der Waals surface area contributed by atoms with Crippen molar-refractivity contribution in [2.24, 2.45) is 0 Å². The molecular weight excluding hydrogens is 330 g/mol. The molecule has 24 heavy (non-hydrogen) atoms. The molecule has 2 heterocycles. The summed E-state index contributed by atoms with van der Waals surface area (Å²) < 4.78 is 5.47. The Hall–Kier alpha value is -2.05. The maximum Gasteiger partial charge on any atom is 0.407 e. The molecule has 0 aliphatic carbocycles. The van der Waals surface area contributed by atoms with Crippen LogP contribution in [0.3, 0.4) is 0 Å². The number of carbonyl (C=O) groups is 1. The predicted molar refractivity (Wildman–Crippen MR) is 91.1 cm³/mol. The Morgan fingerprint density at radius 3 is 2.88 bits per heavy atom. The summed E-state index contributed by atoms with van der Waals surface area (Å²) in [6.45, 7) is 5.77. The Balaban J connectivity index is 1.74. The third-order valence-corrected chi connectivity index (χ3v) is 4.75. The van der Waals surface area contributed by atoms with Gasteiger partial charge in [-0.05, 0) is 26.0 Å². The van der Waals surface area contributed by atoms with E-state index in [4.69, 9.17) is 21.2 Å². The van der Waals surface area contributed by atoms with E-state index in [1.165, 1.54) is 4.90 Å². The predicted octanol–water partition coefficient (Wildman–Crippen LogP) is 3.74. The molecule has 6 nitrogen and oxygen atoms in total. The van der Waals surface area contributed by atoms with Crippen molar-refractivity contribution in [1.29, 1.82) is 0 Å². The van der Waals surface area contributed by atoms with Crippen molar-refractivity contribution < 1.29 is 14.4 Å². The van der Waals surface area contributed by atoms with E-state index in [-0.39, 0.29) is 12.1 Å². The molecule has 0 saturated carbocycles. The topological polar surface area (TPSA) is 69.8 Å². The zero-order valence-corrected chi connectivity index (χ0v) is 14.4. The van der Waals surface area contributed by atoms with Crippen LogP contribution in [0.1, 0.15) is 25.6 Å². The van der Waals surface area contributed by atoms with E-state index in [2.05, 4.69) is 17.0 Å². The SMILES string of the molecule is CC(c1cc(-c2cccc(Cl)c2)on1)N1CCN(C(=O)O)C[C@@H]1C. The van der Waals surface area contributed by atoms with Gasteiger partial charge in [-0.25, -0.2) is 4.79 Å². The van der Waals surface area contributed by atoms with Gasteiger partial charge < -0.3 is 14.5 Å². The first-order chi connectivity index (χ1) is 11.5. The zero-order chi connectivity index (χ0) is 17.3. The summed E-state index contributed by atoms with van der Waals surface area (Å²) in [4.78, 5) is 14.8. The molecule has 1 fully saturated rings. The molecule has 1 aliphatic heterocycles. The van der Waals surface area contributed by atoms with Gasteiger partial charge in [0, 0.05) is 42.3 Å². The van der Waals surface area contributed by atoms with Gasteiger partial charge in [0.05, 0.1) is 6.04 Å². The molecule has 2 atom stereocenters. The smallest absolute Gasteiger partial charge is 0.407 e. The Labute approximate surface area is 145 Å². The molecule has 1 aromatic heterocycles.